The third-order valence-electron chi connectivity index (χ3n) is 2.56. The molecule has 8 heteroatoms. The summed E-state index contributed by atoms with van der Waals surface area (Å²) in [6.07, 6.45) is -11.6. The van der Waals surface area contributed by atoms with Gasteiger partial charge in [0.2, 0.25) is 5.91 Å². The van der Waals surface area contributed by atoms with Crippen molar-refractivity contribution in [2.45, 2.75) is 24.8 Å². The van der Waals surface area contributed by atoms with Gasteiger partial charge in [0.25, 0.3) is 0 Å². The Hall–Kier alpha value is -1.73. The van der Waals surface area contributed by atoms with Gasteiger partial charge >= 0.3 is 12.4 Å². The molecule has 20 heavy (non-hydrogen) atoms. The molecule has 1 atom stereocenters. The van der Waals surface area contributed by atoms with Gasteiger partial charge in [0.1, 0.15) is 6.42 Å². The number of rotatable bonds is 3. The molecule has 0 aliphatic carbocycles. The van der Waals surface area contributed by atoms with Crippen molar-refractivity contribution in [3.63, 3.8) is 0 Å². The van der Waals surface area contributed by atoms with Crippen molar-refractivity contribution in [1.29, 1.82) is 0 Å². The van der Waals surface area contributed by atoms with E-state index >= 15 is 0 Å². The summed E-state index contributed by atoms with van der Waals surface area (Å²) in [7, 11) is 0.708. The van der Waals surface area contributed by atoms with Crippen LogP contribution in [0.4, 0.5) is 26.3 Å². The number of hydrogen-bond acceptors (Lipinski definition) is 1. The Morgan fingerprint density at radius 2 is 1.60 bits per heavy atom. The topological polar surface area (TPSA) is 20.3 Å². The molecule has 0 aliphatic rings. The van der Waals surface area contributed by atoms with Crippen LogP contribution in [-0.2, 0) is 4.79 Å². The number of carbonyl (C=O) groups is 1. The van der Waals surface area contributed by atoms with Gasteiger partial charge < -0.3 is 4.90 Å². The van der Waals surface area contributed by atoms with Crippen LogP contribution in [0.25, 0.3) is 0 Å². The van der Waals surface area contributed by atoms with Crippen LogP contribution < -0.4 is 0 Å². The Balaban J connectivity index is 3.04. The van der Waals surface area contributed by atoms with E-state index in [0.29, 0.717) is 7.05 Å². The highest BCUT2D eigenvalue weighted by atomic mass is 19.4. The first-order valence-corrected chi connectivity index (χ1v) is 5.46. The molecule has 0 unspecified atom stereocenters. The van der Waals surface area contributed by atoms with Crippen LogP contribution >= 0.6 is 0 Å². The van der Waals surface area contributed by atoms with Crippen molar-refractivity contribution >= 4 is 5.91 Å². The van der Waals surface area contributed by atoms with Crippen LogP contribution in [0.15, 0.2) is 30.3 Å². The van der Waals surface area contributed by atoms with Crippen LogP contribution in [0.3, 0.4) is 0 Å². The molecular formula is C12H11F6NO. The molecule has 0 saturated carbocycles. The van der Waals surface area contributed by atoms with Crippen molar-refractivity contribution in [2.75, 3.05) is 7.05 Å². The number of alkyl halides is 6. The van der Waals surface area contributed by atoms with Crippen LogP contribution in [0, 0.1) is 0 Å². The molecule has 0 bridgehead atoms. The second-order valence-corrected chi connectivity index (χ2v) is 4.15. The van der Waals surface area contributed by atoms with Crippen LogP contribution in [-0.4, -0.2) is 30.2 Å². The van der Waals surface area contributed by atoms with Gasteiger partial charge in [-0.3, -0.25) is 4.79 Å². The number of nitrogens with zero attached hydrogens (tertiary/aromatic N) is 1. The van der Waals surface area contributed by atoms with Gasteiger partial charge in [0.05, 0.1) is 0 Å². The first-order chi connectivity index (χ1) is 9.02. The number of amides is 1. The summed E-state index contributed by atoms with van der Waals surface area (Å²) < 4.78 is 75.2. The molecule has 0 heterocycles. The highest BCUT2D eigenvalue weighted by Gasteiger charge is 2.46. The van der Waals surface area contributed by atoms with Crippen LogP contribution in [0.2, 0.25) is 0 Å². The van der Waals surface area contributed by atoms with E-state index < -0.39 is 30.7 Å². The Kier molecular flexibility index (Phi) is 4.67. The lowest BCUT2D eigenvalue weighted by atomic mass is 10.0. The van der Waals surface area contributed by atoms with Gasteiger partial charge in [-0.05, 0) is 5.56 Å². The SMILES string of the molecule is CN(C(=O)CC(F)(F)F)[C@@H](c1ccccc1)C(F)(F)F. The number of benzene rings is 1. The zero-order chi connectivity index (χ0) is 15.6. The smallest absolute Gasteiger partial charge is 0.330 e. The highest BCUT2D eigenvalue weighted by molar-refractivity contribution is 5.77. The van der Waals surface area contributed by atoms with Gasteiger partial charge in [-0.15, -0.1) is 0 Å². The van der Waals surface area contributed by atoms with E-state index in [1.807, 2.05) is 0 Å². The molecule has 1 aromatic rings. The zero-order valence-electron chi connectivity index (χ0n) is 10.3. The van der Waals surface area contributed by atoms with Crippen molar-refractivity contribution < 1.29 is 31.1 Å². The summed E-state index contributed by atoms with van der Waals surface area (Å²) >= 11 is 0. The maximum Gasteiger partial charge on any atom is 0.413 e. The van der Waals surface area contributed by atoms with Crippen molar-refractivity contribution in [3.05, 3.63) is 35.9 Å². The molecule has 0 aliphatic heterocycles. The molecular weight excluding hydrogens is 288 g/mol. The Morgan fingerprint density at radius 3 is 2.00 bits per heavy atom. The second kappa shape index (κ2) is 5.72. The first-order valence-electron chi connectivity index (χ1n) is 5.46. The molecule has 1 amide bonds. The lowest BCUT2D eigenvalue weighted by Gasteiger charge is -2.30. The summed E-state index contributed by atoms with van der Waals surface area (Å²) in [6.45, 7) is 0. The fourth-order valence-corrected chi connectivity index (χ4v) is 1.71. The molecule has 0 N–H and O–H groups in total. The Bertz CT molecular complexity index is 453. The van der Waals surface area contributed by atoms with E-state index in [0.717, 1.165) is 12.1 Å². The summed E-state index contributed by atoms with van der Waals surface area (Å²) in [4.78, 5) is 11.4. The lowest BCUT2D eigenvalue weighted by Crippen LogP contribution is -2.41. The lowest BCUT2D eigenvalue weighted by molar-refractivity contribution is -0.196. The van der Waals surface area contributed by atoms with Gasteiger partial charge in [0.15, 0.2) is 6.04 Å². The number of halogens is 6. The highest BCUT2D eigenvalue weighted by Crippen LogP contribution is 2.37. The van der Waals surface area contributed by atoms with Gasteiger partial charge in [-0.1, -0.05) is 30.3 Å². The predicted octanol–water partition coefficient (Wildman–Crippen LogP) is 3.70. The van der Waals surface area contributed by atoms with E-state index in [2.05, 4.69) is 0 Å². The van der Waals surface area contributed by atoms with Crippen molar-refractivity contribution in [3.8, 4) is 0 Å². The summed E-state index contributed by atoms with van der Waals surface area (Å²) in [5, 5.41) is 0. The van der Waals surface area contributed by atoms with E-state index in [1.165, 1.54) is 18.2 Å². The number of carbonyl (C=O) groups excluding carboxylic acids is 1. The third-order valence-corrected chi connectivity index (χ3v) is 2.56. The fourth-order valence-electron chi connectivity index (χ4n) is 1.71. The average molecular weight is 299 g/mol. The minimum atomic E-state index is -4.86. The monoisotopic (exact) mass is 299 g/mol. The first kappa shape index (κ1) is 16.3. The molecule has 0 spiro atoms. The summed E-state index contributed by atoms with van der Waals surface area (Å²) in [5.41, 5.74) is -0.293. The maximum atomic E-state index is 13.0. The third kappa shape index (κ3) is 4.43. The molecule has 2 nitrogen and oxygen atoms in total. The van der Waals surface area contributed by atoms with Gasteiger partial charge in [-0.2, -0.15) is 26.3 Å². The van der Waals surface area contributed by atoms with Crippen LogP contribution in [0.5, 0.6) is 0 Å². The predicted molar refractivity (Wildman–Crippen MR) is 58.7 cm³/mol. The molecule has 1 aromatic carbocycles. The Morgan fingerprint density at radius 1 is 1.10 bits per heavy atom. The minimum absolute atomic E-state index is 0.0722. The largest absolute Gasteiger partial charge is 0.413 e. The average Bonchev–Trinajstić information content (AvgIpc) is 2.26. The van der Waals surface area contributed by atoms with Gasteiger partial charge in [0, 0.05) is 7.05 Å². The minimum Gasteiger partial charge on any atom is -0.330 e. The molecule has 0 fully saturated rings. The molecule has 0 radical (unpaired) electrons. The molecule has 112 valence electrons. The molecule has 0 aromatic heterocycles. The quantitative estimate of drug-likeness (QED) is 0.779. The van der Waals surface area contributed by atoms with E-state index in [1.54, 1.807) is 0 Å². The van der Waals surface area contributed by atoms with E-state index in [4.69, 9.17) is 0 Å². The zero-order valence-corrected chi connectivity index (χ0v) is 10.3. The van der Waals surface area contributed by atoms with E-state index in [-0.39, 0.29) is 10.5 Å². The molecule has 0 saturated heterocycles. The summed E-state index contributed by atoms with van der Waals surface area (Å²) in [6, 6.07) is 3.91. The maximum absolute atomic E-state index is 13.0. The van der Waals surface area contributed by atoms with Crippen molar-refractivity contribution in [2.24, 2.45) is 0 Å². The van der Waals surface area contributed by atoms with Crippen LogP contribution in [0.1, 0.15) is 18.0 Å². The molecule has 1 rings (SSSR count). The standard InChI is InChI=1S/C12H11F6NO/c1-19(9(20)7-11(13,14)15)10(12(16,17)18)8-5-3-2-4-6-8/h2-6,10H,7H2,1H3/t10-/m0/s1. The second-order valence-electron chi connectivity index (χ2n) is 4.15. The Labute approximate surface area is 111 Å². The van der Waals surface area contributed by atoms with Crippen molar-refractivity contribution in [1.82, 2.24) is 4.90 Å². The number of hydrogen-bond donors (Lipinski definition) is 0. The normalized spacial score (nSPS) is 13.9. The fraction of sp³-hybridized carbons (Fsp3) is 0.417. The summed E-state index contributed by atoms with van der Waals surface area (Å²) in [5.74, 6) is -1.64. The van der Waals surface area contributed by atoms with E-state index in [9.17, 15) is 31.1 Å². The van der Waals surface area contributed by atoms with Gasteiger partial charge in [-0.25, -0.2) is 0 Å².